The highest BCUT2D eigenvalue weighted by molar-refractivity contribution is 7.88. The Labute approximate surface area is 174 Å². The van der Waals surface area contributed by atoms with E-state index in [2.05, 4.69) is 15.5 Å². The van der Waals surface area contributed by atoms with E-state index in [1.54, 1.807) is 19.1 Å². The molecule has 156 valence electrons. The third kappa shape index (κ3) is 4.04. The van der Waals surface area contributed by atoms with Crippen LogP contribution in [0.4, 0.5) is 0 Å². The molecule has 1 saturated carbocycles. The summed E-state index contributed by atoms with van der Waals surface area (Å²) in [5, 5.41) is 7.63. The number of hydrogen-bond donors (Lipinski definition) is 1. The van der Waals surface area contributed by atoms with Crippen molar-refractivity contribution in [1.29, 1.82) is 0 Å². The smallest absolute Gasteiger partial charge is 0.234 e. The van der Waals surface area contributed by atoms with Gasteiger partial charge in [-0.1, -0.05) is 28.9 Å². The summed E-state index contributed by atoms with van der Waals surface area (Å²) in [5.41, 5.74) is 0.318. The van der Waals surface area contributed by atoms with Crippen LogP contribution in [0.1, 0.15) is 30.1 Å². The normalized spacial score (nSPS) is 27.1. The highest BCUT2D eigenvalue weighted by Gasteiger charge is 2.58. The zero-order valence-corrected chi connectivity index (χ0v) is 17.8. The fourth-order valence-corrected chi connectivity index (χ4v) is 5.63. The maximum atomic E-state index is 12.5. The Kier molecular flexibility index (Phi) is 5.16. The van der Waals surface area contributed by atoms with Gasteiger partial charge in [0.15, 0.2) is 5.82 Å². The molecule has 0 radical (unpaired) electrons. The lowest BCUT2D eigenvalue weighted by Gasteiger charge is -2.24. The Hall–Kier alpha value is -1.97. The number of amides is 1. The number of fused-ring (bicyclic) bond motifs is 1. The number of carbonyl (C=O) groups excluding carboxylic acids is 1. The Morgan fingerprint density at radius 1 is 1.38 bits per heavy atom. The molecule has 1 amide bonds. The molecule has 1 aromatic heterocycles. The molecule has 1 aliphatic carbocycles. The lowest BCUT2D eigenvalue weighted by atomic mass is 9.80. The van der Waals surface area contributed by atoms with E-state index >= 15 is 0 Å². The second kappa shape index (κ2) is 7.37. The summed E-state index contributed by atoms with van der Waals surface area (Å²) in [6.07, 6.45) is 2.71. The van der Waals surface area contributed by atoms with E-state index in [4.69, 9.17) is 16.1 Å². The number of carbonyl (C=O) groups is 1. The fourth-order valence-electron chi connectivity index (χ4n) is 4.58. The minimum Gasteiger partial charge on any atom is -0.353 e. The summed E-state index contributed by atoms with van der Waals surface area (Å²) in [7, 11) is -3.32. The minimum atomic E-state index is -3.32. The largest absolute Gasteiger partial charge is 0.353 e. The first-order valence-electron chi connectivity index (χ1n) is 9.45. The molecule has 3 atom stereocenters. The summed E-state index contributed by atoms with van der Waals surface area (Å²) in [4.78, 5) is 16.9. The maximum Gasteiger partial charge on any atom is 0.234 e. The molecule has 1 saturated heterocycles. The second-order valence-corrected chi connectivity index (χ2v) is 10.5. The molecule has 29 heavy (non-hydrogen) atoms. The lowest BCUT2D eigenvalue weighted by molar-refractivity contribution is -0.121. The highest BCUT2D eigenvalue weighted by Crippen LogP contribution is 2.50. The van der Waals surface area contributed by atoms with Gasteiger partial charge in [-0.05, 0) is 43.4 Å². The van der Waals surface area contributed by atoms with Crippen molar-refractivity contribution in [3.05, 3.63) is 46.6 Å². The molecule has 10 heteroatoms. The van der Waals surface area contributed by atoms with Gasteiger partial charge in [0.25, 0.3) is 0 Å². The number of aryl methyl sites for hydroxylation is 1. The van der Waals surface area contributed by atoms with E-state index in [0.29, 0.717) is 42.7 Å². The summed E-state index contributed by atoms with van der Waals surface area (Å²) >= 11 is 5.89. The Morgan fingerprint density at radius 2 is 2.10 bits per heavy atom. The third-order valence-corrected chi connectivity index (χ3v) is 7.38. The number of rotatable bonds is 5. The molecule has 0 unspecified atom stereocenters. The Morgan fingerprint density at radius 3 is 2.72 bits per heavy atom. The predicted molar refractivity (Wildman–Crippen MR) is 107 cm³/mol. The van der Waals surface area contributed by atoms with Gasteiger partial charge in [0.2, 0.25) is 21.8 Å². The molecular formula is C19H23ClN4O4S. The lowest BCUT2D eigenvalue weighted by Crippen LogP contribution is -2.39. The van der Waals surface area contributed by atoms with Crippen LogP contribution >= 0.6 is 11.6 Å². The van der Waals surface area contributed by atoms with E-state index in [1.807, 2.05) is 12.1 Å². The van der Waals surface area contributed by atoms with Crippen molar-refractivity contribution in [2.45, 2.75) is 37.6 Å². The molecular weight excluding hydrogens is 416 g/mol. The van der Waals surface area contributed by atoms with Crippen LogP contribution in [0.3, 0.4) is 0 Å². The molecule has 2 fully saturated rings. The van der Waals surface area contributed by atoms with Gasteiger partial charge < -0.3 is 9.84 Å². The molecule has 1 aromatic carbocycles. The molecule has 2 heterocycles. The van der Waals surface area contributed by atoms with Gasteiger partial charge in [-0.25, -0.2) is 12.7 Å². The van der Waals surface area contributed by atoms with Crippen LogP contribution in [0.25, 0.3) is 0 Å². The van der Waals surface area contributed by atoms with Gasteiger partial charge in [-0.2, -0.15) is 4.98 Å². The van der Waals surface area contributed by atoms with Gasteiger partial charge in [-0.3, -0.25) is 4.79 Å². The van der Waals surface area contributed by atoms with E-state index in [0.717, 1.165) is 5.56 Å². The Balaban J connectivity index is 1.50. The van der Waals surface area contributed by atoms with Crippen molar-refractivity contribution in [2.24, 2.45) is 5.92 Å². The molecule has 0 spiro atoms. The number of nitrogens with one attached hydrogen (secondary N) is 1. The monoisotopic (exact) mass is 438 g/mol. The quantitative estimate of drug-likeness (QED) is 0.761. The molecule has 2 aromatic rings. The van der Waals surface area contributed by atoms with Crippen molar-refractivity contribution >= 4 is 27.5 Å². The standard InChI is InChI=1S/C19H23ClN4O4S/c1-12-21-18(28-23-12)19-9-16(8-14(19)10-24(11-19)29(2,26)27)22-17(25)7-13-3-5-15(20)6-4-13/h3-6,14,16H,7-11H2,1-2H3,(H,22,25)/t14-,16+,19-/m0/s1. The first-order valence-corrected chi connectivity index (χ1v) is 11.7. The molecule has 0 bridgehead atoms. The van der Waals surface area contributed by atoms with E-state index in [1.165, 1.54) is 10.6 Å². The average Bonchev–Trinajstić information content (AvgIpc) is 3.29. The molecule has 1 aliphatic heterocycles. The molecule has 1 N–H and O–H groups in total. The first-order chi connectivity index (χ1) is 13.7. The van der Waals surface area contributed by atoms with Crippen LogP contribution in [-0.2, 0) is 26.7 Å². The average molecular weight is 439 g/mol. The SMILES string of the molecule is Cc1noc([C@]23C[C@H](NC(=O)Cc4ccc(Cl)cc4)C[C@H]2CN(S(C)(=O)=O)C3)n1. The van der Waals surface area contributed by atoms with Crippen molar-refractivity contribution < 1.29 is 17.7 Å². The number of aromatic nitrogens is 2. The molecule has 8 nitrogen and oxygen atoms in total. The first kappa shape index (κ1) is 20.3. The van der Waals surface area contributed by atoms with Crippen molar-refractivity contribution in [3.8, 4) is 0 Å². The van der Waals surface area contributed by atoms with E-state index in [-0.39, 0.29) is 24.3 Å². The van der Waals surface area contributed by atoms with Crippen molar-refractivity contribution in [3.63, 3.8) is 0 Å². The Bertz CT molecular complexity index is 1020. The van der Waals surface area contributed by atoms with Crippen LogP contribution in [-0.4, -0.2) is 54.2 Å². The zero-order valence-electron chi connectivity index (χ0n) is 16.3. The summed E-state index contributed by atoms with van der Waals surface area (Å²) in [6, 6.07) is 7.11. The highest BCUT2D eigenvalue weighted by atomic mass is 35.5. The fraction of sp³-hybridized carbons (Fsp3) is 0.526. The number of benzene rings is 1. The van der Waals surface area contributed by atoms with Gasteiger partial charge in [0, 0.05) is 24.2 Å². The third-order valence-electron chi connectivity index (χ3n) is 5.91. The van der Waals surface area contributed by atoms with Crippen LogP contribution in [0.2, 0.25) is 5.02 Å². The van der Waals surface area contributed by atoms with Crippen molar-refractivity contribution in [1.82, 2.24) is 19.8 Å². The van der Waals surface area contributed by atoms with Gasteiger partial charge in [0.1, 0.15) is 0 Å². The van der Waals surface area contributed by atoms with E-state index < -0.39 is 15.4 Å². The summed E-state index contributed by atoms with van der Waals surface area (Å²) < 4.78 is 31.2. The van der Waals surface area contributed by atoms with Crippen molar-refractivity contribution in [2.75, 3.05) is 19.3 Å². The van der Waals surface area contributed by atoms with Gasteiger partial charge in [0.05, 0.1) is 18.1 Å². The predicted octanol–water partition coefficient (Wildman–Crippen LogP) is 1.68. The summed E-state index contributed by atoms with van der Waals surface area (Å²) in [6.45, 7) is 2.42. The molecule has 2 aliphatic rings. The van der Waals surface area contributed by atoms with Crippen LogP contribution in [0, 0.1) is 12.8 Å². The minimum absolute atomic E-state index is 0.0120. The van der Waals surface area contributed by atoms with Crippen LogP contribution in [0.15, 0.2) is 28.8 Å². The van der Waals surface area contributed by atoms with Gasteiger partial charge in [-0.15, -0.1) is 0 Å². The van der Waals surface area contributed by atoms with E-state index in [9.17, 15) is 13.2 Å². The summed E-state index contributed by atoms with van der Waals surface area (Å²) in [5.74, 6) is 0.911. The number of sulfonamides is 1. The van der Waals surface area contributed by atoms with Crippen LogP contribution < -0.4 is 5.32 Å². The second-order valence-electron chi connectivity index (χ2n) is 8.06. The van der Waals surface area contributed by atoms with Crippen LogP contribution in [0.5, 0.6) is 0 Å². The van der Waals surface area contributed by atoms with Gasteiger partial charge >= 0.3 is 0 Å². The number of nitrogens with zero attached hydrogens (tertiary/aromatic N) is 3. The number of hydrogen-bond acceptors (Lipinski definition) is 6. The number of halogens is 1. The maximum absolute atomic E-state index is 12.5. The topological polar surface area (TPSA) is 105 Å². The zero-order chi connectivity index (χ0) is 20.8. The molecule has 4 rings (SSSR count).